The van der Waals surface area contributed by atoms with E-state index >= 15 is 0 Å². The number of para-hydroxylation sites is 1. The lowest BCUT2D eigenvalue weighted by Crippen LogP contribution is -1.93. The van der Waals surface area contributed by atoms with Gasteiger partial charge in [0, 0.05) is 0 Å². The molecule has 0 amide bonds. The highest BCUT2D eigenvalue weighted by Crippen LogP contribution is 2.07. The molecule has 0 saturated carbocycles. The molecule has 0 aliphatic carbocycles. The molecule has 0 atom stereocenters. The average Bonchev–Trinajstić information content (AvgIpc) is 2.48. The number of allylic oxidation sites excluding steroid dienone is 1. The highest BCUT2D eigenvalue weighted by molar-refractivity contribution is 5.83. The molecule has 3 nitrogen and oxygen atoms in total. The molecule has 0 aromatic heterocycles. The highest BCUT2D eigenvalue weighted by Gasteiger charge is 1.93. The third kappa shape index (κ3) is 4.32. The standard InChI is InChI=1S/C16H16N2O/c1-19-16(12-14-8-4-2-5-9-14)13-17-18-15-10-6-3-7-11-15/h2-13,18H,1H3. The van der Waals surface area contributed by atoms with Crippen molar-refractivity contribution in [3.8, 4) is 0 Å². The molecule has 0 heterocycles. The normalized spacial score (nSPS) is 11.5. The molecule has 0 aliphatic rings. The first kappa shape index (κ1) is 12.9. The second-order valence-corrected chi connectivity index (χ2v) is 3.90. The van der Waals surface area contributed by atoms with Crippen molar-refractivity contribution < 1.29 is 4.74 Å². The van der Waals surface area contributed by atoms with E-state index in [9.17, 15) is 0 Å². The number of methoxy groups -OCH3 is 1. The Morgan fingerprint density at radius 3 is 2.26 bits per heavy atom. The monoisotopic (exact) mass is 252 g/mol. The molecule has 0 fully saturated rings. The SMILES string of the molecule is COC(C=NNc1ccccc1)=Cc1ccccc1. The van der Waals surface area contributed by atoms with Gasteiger partial charge in [0.25, 0.3) is 0 Å². The molecule has 96 valence electrons. The number of ether oxygens (including phenoxy) is 1. The first-order valence-electron chi connectivity index (χ1n) is 6.03. The van der Waals surface area contributed by atoms with Crippen LogP contribution in [0.25, 0.3) is 6.08 Å². The van der Waals surface area contributed by atoms with Crippen molar-refractivity contribution in [3.05, 3.63) is 72.0 Å². The maximum absolute atomic E-state index is 5.26. The lowest BCUT2D eigenvalue weighted by atomic mass is 10.2. The van der Waals surface area contributed by atoms with Gasteiger partial charge in [-0.3, -0.25) is 5.43 Å². The third-order valence-electron chi connectivity index (χ3n) is 2.50. The number of hydrazone groups is 1. The Kier molecular flexibility index (Phi) is 4.76. The van der Waals surface area contributed by atoms with Crippen LogP contribution in [-0.4, -0.2) is 13.3 Å². The molecule has 0 bridgehead atoms. The summed E-state index contributed by atoms with van der Waals surface area (Å²) in [5.41, 5.74) is 4.96. The molecular formula is C16H16N2O. The van der Waals surface area contributed by atoms with E-state index in [1.165, 1.54) is 0 Å². The third-order valence-corrected chi connectivity index (χ3v) is 2.50. The summed E-state index contributed by atoms with van der Waals surface area (Å²) in [6, 6.07) is 19.7. The Balaban J connectivity index is 2.01. The van der Waals surface area contributed by atoms with Crippen LogP contribution in [0.2, 0.25) is 0 Å². The van der Waals surface area contributed by atoms with Gasteiger partial charge in [-0.2, -0.15) is 5.10 Å². The van der Waals surface area contributed by atoms with Crippen molar-refractivity contribution in [1.82, 2.24) is 0 Å². The van der Waals surface area contributed by atoms with E-state index in [2.05, 4.69) is 10.5 Å². The smallest absolute Gasteiger partial charge is 0.139 e. The Morgan fingerprint density at radius 2 is 1.63 bits per heavy atom. The molecule has 0 aliphatic heterocycles. The Bertz CT molecular complexity index is 547. The Hall–Kier alpha value is -2.55. The van der Waals surface area contributed by atoms with Gasteiger partial charge >= 0.3 is 0 Å². The summed E-state index contributed by atoms with van der Waals surface area (Å²) >= 11 is 0. The summed E-state index contributed by atoms with van der Waals surface area (Å²) in [5.74, 6) is 0.689. The molecule has 2 aromatic rings. The molecule has 2 rings (SSSR count). The number of anilines is 1. The summed E-state index contributed by atoms with van der Waals surface area (Å²) in [4.78, 5) is 0. The Labute approximate surface area is 113 Å². The summed E-state index contributed by atoms with van der Waals surface area (Å²) in [6.45, 7) is 0. The fourth-order valence-electron chi connectivity index (χ4n) is 1.55. The van der Waals surface area contributed by atoms with Crippen LogP contribution in [0, 0.1) is 0 Å². The van der Waals surface area contributed by atoms with Gasteiger partial charge in [0.05, 0.1) is 19.0 Å². The maximum atomic E-state index is 5.26. The van der Waals surface area contributed by atoms with Crippen LogP contribution in [0.15, 0.2) is 71.5 Å². The van der Waals surface area contributed by atoms with E-state index < -0.39 is 0 Å². The van der Waals surface area contributed by atoms with E-state index in [-0.39, 0.29) is 0 Å². The van der Waals surface area contributed by atoms with Gasteiger partial charge in [-0.15, -0.1) is 0 Å². The van der Waals surface area contributed by atoms with Crippen LogP contribution >= 0.6 is 0 Å². The maximum Gasteiger partial charge on any atom is 0.139 e. The Morgan fingerprint density at radius 1 is 1.00 bits per heavy atom. The largest absolute Gasteiger partial charge is 0.495 e. The number of rotatable bonds is 5. The van der Waals surface area contributed by atoms with Crippen molar-refractivity contribution in [2.75, 3.05) is 12.5 Å². The van der Waals surface area contributed by atoms with Gasteiger partial charge in [-0.1, -0.05) is 48.5 Å². The number of hydrogen-bond donors (Lipinski definition) is 1. The van der Waals surface area contributed by atoms with Crippen molar-refractivity contribution in [2.45, 2.75) is 0 Å². The van der Waals surface area contributed by atoms with E-state index in [1.807, 2.05) is 66.7 Å². The van der Waals surface area contributed by atoms with Gasteiger partial charge in [-0.25, -0.2) is 0 Å². The molecule has 0 spiro atoms. The zero-order valence-corrected chi connectivity index (χ0v) is 10.8. The zero-order chi connectivity index (χ0) is 13.3. The minimum absolute atomic E-state index is 0.689. The summed E-state index contributed by atoms with van der Waals surface area (Å²) in [7, 11) is 1.63. The lowest BCUT2D eigenvalue weighted by molar-refractivity contribution is 0.321. The molecular weight excluding hydrogens is 236 g/mol. The predicted molar refractivity (Wildman–Crippen MR) is 80.0 cm³/mol. The molecule has 1 N–H and O–H groups in total. The van der Waals surface area contributed by atoms with Crippen LogP contribution < -0.4 is 5.43 Å². The number of nitrogens with one attached hydrogen (secondary N) is 1. The van der Waals surface area contributed by atoms with Crippen molar-refractivity contribution in [1.29, 1.82) is 0 Å². The second-order valence-electron chi connectivity index (χ2n) is 3.90. The fourth-order valence-corrected chi connectivity index (χ4v) is 1.55. The highest BCUT2D eigenvalue weighted by atomic mass is 16.5. The van der Waals surface area contributed by atoms with Gasteiger partial charge in [0.1, 0.15) is 5.76 Å². The quantitative estimate of drug-likeness (QED) is 0.499. The van der Waals surface area contributed by atoms with E-state index in [1.54, 1.807) is 13.3 Å². The molecule has 2 aromatic carbocycles. The van der Waals surface area contributed by atoms with Crippen LogP contribution in [0.1, 0.15) is 5.56 Å². The van der Waals surface area contributed by atoms with Gasteiger partial charge in [0.2, 0.25) is 0 Å². The van der Waals surface area contributed by atoms with Crippen LogP contribution in [0.5, 0.6) is 0 Å². The van der Waals surface area contributed by atoms with E-state index in [4.69, 9.17) is 4.74 Å². The van der Waals surface area contributed by atoms with E-state index in [0.29, 0.717) is 5.76 Å². The van der Waals surface area contributed by atoms with Crippen LogP contribution in [-0.2, 0) is 4.74 Å². The summed E-state index contributed by atoms with van der Waals surface area (Å²) < 4.78 is 5.26. The van der Waals surface area contributed by atoms with Crippen molar-refractivity contribution in [3.63, 3.8) is 0 Å². The van der Waals surface area contributed by atoms with Gasteiger partial charge in [0.15, 0.2) is 0 Å². The molecule has 0 saturated heterocycles. The first-order valence-corrected chi connectivity index (χ1v) is 6.03. The van der Waals surface area contributed by atoms with Gasteiger partial charge in [-0.05, 0) is 23.8 Å². The lowest BCUT2D eigenvalue weighted by Gasteiger charge is -2.01. The second kappa shape index (κ2) is 7.01. The van der Waals surface area contributed by atoms with Crippen LogP contribution in [0.4, 0.5) is 5.69 Å². The van der Waals surface area contributed by atoms with E-state index in [0.717, 1.165) is 11.3 Å². The van der Waals surface area contributed by atoms with Crippen molar-refractivity contribution >= 4 is 18.0 Å². The molecule has 0 unspecified atom stereocenters. The topological polar surface area (TPSA) is 33.6 Å². The first-order chi connectivity index (χ1) is 9.38. The van der Waals surface area contributed by atoms with Gasteiger partial charge < -0.3 is 4.74 Å². The minimum atomic E-state index is 0.689. The molecule has 3 heteroatoms. The van der Waals surface area contributed by atoms with Crippen LogP contribution in [0.3, 0.4) is 0 Å². The number of hydrogen-bond acceptors (Lipinski definition) is 3. The number of nitrogens with zero attached hydrogens (tertiary/aromatic N) is 1. The van der Waals surface area contributed by atoms with Crippen molar-refractivity contribution in [2.24, 2.45) is 5.10 Å². The zero-order valence-electron chi connectivity index (χ0n) is 10.8. The molecule has 0 radical (unpaired) electrons. The minimum Gasteiger partial charge on any atom is -0.495 e. The average molecular weight is 252 g/mol. The summed E-state index contributed by atoms with van der Waals surface area (Å²) in [6.07, 6.45) is 3.58. The number of benzene rings is 2. The predicted octanol–water partition coefficient (Wildman–Crippen LogP) is 3.77. The fraction of sp³-hybridized carbons (Fsp3) is 0.0625. The summed E-state index contributed by atoms with van der Waals surface area (Å²) in [5, 5.41) is 4.14. The molecule has 19 heavy (non-hydrogen) atoms.